The first-order valence-electron chi connectivity index (χ1n) is 5.60. The van der Waals surface area contributed by atoms with Crippen LogP contribution in [0.15, 0.2) is 56.3 Å². The molecule has 0 heterocycles. The maximum Gasteiger partial charge on any atom is 0.263 e. The van der Waals surface area contributed by atoms with Gasteiger partial charge < -0.3 is 5.11 Å². The van der Waals surface area contributed by atoms with Crippen molar-refractivity contribution in [3.05, 3.63) is 57.0 Å². The van der Waals surface area contributed by atoms with Crippen LogP contribution < -0.4 is 4.72 Å². The number of rotatable bonds is 4. The van der Waals surface area contributed by atoms with Gasteiger partial charge in [-0.3, -0.25) is 4.72 Å². The number of hydrogen-bond acceptors (Lipinski definition) is 3. The van der Waals surface area contributed by atoms with Gasteiger partial charge in [-0.1, -0.05) is 28.1 Å². The summed E-state index contributed by atoms with van der Waals surface area (Å²) in [7, 11) is -3.68. The highest BCUT2D eigenvalue weighted by atomic mass is 79.9. The van der Waals surface area contributed by atoms with Crippen LogP contribution in [-0.2, 0) is 16.6 Å². The van der Waals surface area contributed by atoms with Crippen LogP contribution in [-0.4, -0.2) is 13.5 Å². The molecule has 7 heteroatoms. The molecule has 0 bridgehead atoms. The van der Waals surface area contributed by atoms with Crippen LogP contribution in [0.2, 0.25) is 0 Å². The molecule has 2 aromatic rings. The zero-order chi connectivity index (χ0) is 14.8. The maximum absolute atomic E-state index is 12.3. The monoisotopic (exact) mass is 419 g/mol. The van der Waals surface area contributed by atoms with Crippen molar-refractivity contribution in [2.75, 3.05) is 4.72 Å². The third-order valence-corrected chi connectivity index (χ3v) is 5.44. The summed E-state index contributed by atoms with van der Waals surface area (Å²) in [5.41, 5.74) is 1.16. The minimum Gasteiger partial charge on any atom is -0.392 e. The minimum atomic E-state index is -3.68. The quantitative estimate of drug-likeness (QED) is 0.795. The predicted molar refractivity (Wildman–Crippen MR) is 85.0 cm³/mol. The van der Waals surface area contributed by atoms with Crippen molar-refractivity contribution in [3.8, 4) is 0 Å². The van der Waals surface area contributed by atoms with Crippen LogP contribution in [0.5, 0.6) is 0 Å². The summed E-state index contributed by atoms with van der Waals surface area (Å²) in [6.07, 6.45) is 0. The smallest absolute Gasteiger partial charge is 0.263 e. The third-order valence-electron chi connectivity index (χ3n) is 2.57. The molecular formula is C13H11Br2NO3S. The molecule has 20 heavy (non-hydrogen) atoms. The molecule has 2 N–H and O–H groups in total. The second kappa shape index (κ2) is 6.26. The van der Waals surface area contributed by atoms with Crippen molar-refractivity contribution >= 4 is 47.6 Å². The van der Waals surface area contributed by atoms with Gasteiger partial charge in [0.15, 0.2) is 0 Å². The van der Waals surface area contributed by atoms with Gasteiger partial charge in [-0.05, 0) is 51.8 Å². The summed E-state index contributed by atoms with van der Waals surface area (Å²) in [5, 5.41) is 8.96. The maximum atomic E-state index is 12.3. The molecule has 0 radical (unpaired) electrons. The summed E-state index contributed by atoms with van der Waals surface area (Å²) in [5.74, 6) is 0. The average Bonchev–Trinajstić information content (AvgIpc) is 2.42. The molecule has 4 nitrogen and oxygen atoms in total. The summed E-state index contributed by atoms with van der Waals surface area (Å²) in [6, 6.07) is 11.5. The van der Waals surface area contributed by atoms with E-state index in [1.807, 2.05) is 0 Å². The predicted octanol–water partition coefficient (Wildman–Crippen LogP) is 3.50. The number of benzene rings is 2. The van der Waals surface area contributed by atoms with Crippen molar-refractivity contribution in [2.45, 2.75) is 11.5 Å². The van der Waals surface area contributed by atoms with E-state index in [-0.39, 0.29) is 11.5 Å². The molecule has 0 aliphatic heterocycles. The van der Waals surface area contributed by atoms with Gasteiger partial charge in [-0.15, -0.1) is 0 Å². The fourth-order valence-corrected chi connectivity index (χ4v) is 4.13. The van der Waals surface area contributed by atoms with E-state index in [4.69, 9.17) is 5.11 Å². The van der Waals surface area contributed by atoms with Gasteiger partial charge in [-0.25, -0.2) is 8.42 Å². The van der Waals surface area contributed by atoms with Gasteiger partial charge in [0.2, 0.25) is 0 Å². The molecule has 0 spiro atoms. The number of aliphatic hydroxyl groups excluding tert-OH is 1. The highest BCUT2D eigenvalue weighted by molar-refractivity contribution is 9.11. The van der Waals surface area contributed by atoms with Crippen LogP contribution in [0.4, 0.5) is 5.69 Å². The molecule has 106 valence electrons. The number of hydrogen-bond donors (Lipinski definition) is 2. The lowest BCUT2D eigenvalue weighted by Gasteiger charge is -2.10. The minimum absolute atomic E-state index is 0.0792. The largest absolute Gasteiger partial charge is 0.392 e. The van der Waals surface area contributed by atoms with Gasteiger partial charge in [0.1, 0.15) is 4.90 Å². The standard InChI is InChI=1S/C13H11Br2NO3S/c14-10-3-6-12(15)13(7-10)20(18,19)16-11-4-1-9(8-17)2-5-11/h1-7,16-17H,8H2. The second-order valence-corrected chi connectivity index (χ2v) is 7.46. The van der Waals surface area contributed by atoms with E-state index < -0.39 is 10.0 Å². The Balaban J connectivity index is 2.32. The Bertz CT molecular complexity index is 715. The molecule has 0 unspecified atom stereocenters. The Morgan fingerprint density at radius 2 is 1.70 bits per heavy atom. The van der Waals surface area contributed by atoms with Gasteiger partial charge in [0.25, 0.3) is 10.0 Å². The van der Waals surface area contributed by atoms with E-state index in [0.717, 1.165) is 5.56 Å². The highest BCUT2D eigenvalue weighted by Gasteiger charge is 2.18. The van der Waals surface area contributed by atoms with Crippen molar-refractivity contribution in [1.29, 1.82) is 0 Å². The normalized spacial score (nSPS) is 11.3. The summed E-state index contributed by atoms with van der Waals surface area (Å²) in [4.78, 5) is 0.151. The van der Waals surface area contributed by atoms with Gasteiger partial charge in [-0.2, -0.15) is 0 Å². The summed E-state index contributed by atoms with van der Waals surface area (Å²) < 4.78 is 28.3. The highest BCUT2D eigenvalue weighted by Crippen LogP contribution is 2.27. The van der Waals surface area contributed by atoms with E-state index in [1.165, 1.54) is 6.07 Å². The Kier molecular flexibility index (Phi) is 4.85. The average molecular weight is 421 g/mol. The van der Waals surface area contributed by atoms with Crippen molar-refractivity contribution in [1.82, 2.24) is 0 Å². The van der Waals surface area contributed by atoms with Crippen molar-refractivity contribution in [2.24, 2.45) is 0 Å². The topological polar surface area (TPSA) is 66.4 Å². The van der Waals surface area contributed by atoms with E-state index >= 15 is 0 Å². The zero-order valence-electron chi connectivity index (χ0n) is 10.2. The molecule has 0 aromatic heterocycles. The van der Waals surface area contributed by atoms with E-state index in [2.05, 4.69) is 36.6 Å². The molecule has 0 saturated heterocycles. The van der Waals surface area contributed by atoms with E-state index in [9.17, 15) is 8.42 Å². The molecule has 0 fully saturated rings. The van der Waals surface area contributed by atoms with Crippen LogP contribution in [0.25, 0.3) is 0 Å². The number of sulfonamides is 1. The molecule has 0 amide bonds. The Labute approximate surface area is 134 Å². The molecule has 2 aromatic carbocycles. The number of nitrogens with one attached hydrogen (secondary N) is 1. The molecular weight excluding hydrogens is 410 g/mol. The number of anilines is 1. The number of halogens is 2. The Morgan fingerprint density at radius 1 is 1.05 bits per heavy atom. The fourth-order valence-electron chi connectivity index (χ4n) is 1.57. The lowest BCUT2D eigenvalue weighted by Crippen LogP contribution is -2.13. The third kappa shape index (κ3) is 3.60. The zero-order valence-corrected chi connectivity index (χ0v) is 14.2. The second-order valence-electron chi connectivity index (χ2n) is 4.04. The molecule has 2 rings (SSSR count). The molecule has 0 aliphatic carbocycles. The van der Waals surface area contributed by atoms with Crippen LogP contribution in [0.1, 0.15) is 5.56 Å². The first kappa shape index (κ1) is 15.5. The van der Waals surface area contributed by atoms with Crippen LogP contribution in [0, 0.1) is 0 Å². The van der Waals surface area contributed by atoms with Crippen LogP contribution in [0.3, 0.4) is 0 Å². The number of aliphatic hydroxyl groups is 1. The van der Waals surface area contributed by atoms with E-state index in [1.54, 1.807) is 36.4 Å². The summed E-state index contributed by atoms with van der Waals surface area (Å²) in [6.45, 7) is -0.0792. The summed E-state index contributed by atoms with van der Waals surface area (Å²) >= 11 is 6.48. The first-order chi connectivity index (χ1) is 9.42. The van der Waals surface area contributed by atoms with Crippen molar-refractivity contribution < 1.29 is 13.5 Å². The SMILES string of the molecule is O=S(=O)(Nc1ccc(CO)cc1)c1cc(Br)ccc1Br. The van der Waals surface area contributed by atoms with Gasteiger partial charge in [0.05, 0.1) is 6.61 Å². The Morgan fingerprint density at radius 3 is 2.30 bits per heavy atom. The van der Waals surface area contributed by atoms with Gasteiger partial charge >= 0.3 is 0 Å². The Hall–Kier alpha value is -0.890. The lowest BCUT2D eigenvalue weighted by atomic mass is 10.2. The molecule has 0 aliphatic rings. The van der Waals surface area contributed by atoms with Gasteiger partial charge in [0, 0.05) is 14.6 Å². The fraction of sp³-hybridized carbons (Fsp3) is 0.0769. The first-order valence-corrected chi connectivity index (χ1v) is 8.67. The molecule has 0 atom stereocenters. The van der Waals surface area contributed by atoms with Crippen molar-refractivity contribution in [3.63, 3.8) is 0 Å². The lowest BCUT2D eigenvalue weighted by molar-refractivity contribution is 0.282. The van der Waals surface area contributed by atoms with E-state index in [0.29, 0.717) is 14.6 Å². The molecule has 0 saturated carbocycles. The van der Waals surface area contributed by atoms with Crippen LogP contribution >= 0.6 is 31.9 Å².